The van der Waals surface area contributed by atoms with Crippen molar-refractivity contribution in [3.63, 3.8) is 0 Å². The van der Waals surface area contributed by atoms with Gasteiger partial charge in [0.1, 0.15) is 11.4 Å². The van der Waals surface area contributed by atoms with Crippen LogP contribution in [0, 0.1) is 31.6 Å². The number of likely N-dealkylation sites (tertiary alicyclic amines) is 1. The number of aromatic nitrogens is 2. The number of nitrogens with one attached hydrogen (secondary N) is 1. The molecule has 4 bridgehead atoms. The maximum absolute atomic E-state index is 13.3. The molecule has 0 aliphatic carbocycles. The number of rotatable bonds is 4. The van der Waals surface area contributed by atoms with Crippen molar-refractivity contribution in [3.05, 3.63) is 65.2 Å². The van der Waals surface area contributed by atoms with E-state index in [1.165, 1.54) is 18.4 Å². The molecule has 5 rings (SSSR count). The molecule has 2 aliphatic heterocycles. The molecule has 2 aliphatic rings. The molecule has 6 nitrogen and oxygen atoms in total. The Kier molecular flexibility index (Phi) is 8.56. The number of nitrogens with zero attached hydrogens (tertiary/aromatic N) is 3. The molecule has 0 saturated carbocycles. The van der Waals surface area contributed by atoms with E-state index in [9.17, 15) is 4.55 Å². The van der Waals surface area contributed by atoms with E-state index in [1.807, 2.05) is 18.2 Å². The van der Waals surface area contributed by atoms with Crippen LogP contribution >= 0.6 is 0 Å². The van der Waals surface area contributed by atoms with Gasteiger partial charge in [-0.3, -0.25) is 0 Å². The van der Waals surface area contributed by atoms with Gasteiger partial charge in [-0.1, -0.05) is 44.2 Å². The van der Waals surface area contributed by atoms with Crippen LogP contribution in [0.5, 0.6) is 5.88 Å². The number of anilines is 1. The van der Waals surface area contributed by atoms with E-state index in [1.54, 1.807) is 0 Å². The lowest BCUT2D eigenvalue weighted by Gasteiger charge is -2.39. The molecule has 0 amide bonds. The van der Waals surface area contributed by atoms with Crippen molar-refractivity contribution in [2.45, 2.75) is 58.3 Å². The monoisotopic (exact) mass is 532 g/mol. The Labute approximate surface area is 230 Å². The maximum atomic E-state index is 13.3. The second kappa shape index (κ2) is 12.1. The fraction of sp³-hybridized carbons (Fsp3) is 0.484. The number of piperidine rings is 1. The van der Waals surface area contributed by atoms with Crippen molar-refractivity contribution < 1.29 is 9.29 Å². The van der Waals surface area contributed by atoms with Crippen LogP contribution in [0.3, 0.4) is 0 Å². The van der Waals surface area contributed by atoms with Crippen LogP contribution in [-0.2, 0) is 17.8 Å². The first-order valence-electron chi connectivity index (χ1n) is 13.9. The number of aryl methyl sites for hydroxylation is 3. The summed E-state index contributed by atoms with van der Waals surface area (Å²) >= 11 is -1.47. The molecule has 3 atom stereocenters. The zero-order valence-electron chi connectivity index (χ0n) is 23.1. The predicted molar refractivity (Wildman–Crippen MR) is 155 cm³/mol. The maximum Gasteiger partial charge on any atom is 0.269 e. The van der Waals surface area contributed by atoms with Crippen molar-refractivity contribution in [2.24, 2.45) is 17.8 Å². The van der Waals surface area contributed by atoms with Gasteiger partial charge in [0.2, 0.25) is 5.88 Å². The summed E-state index contributed by atoms with van der Waals surface area (Å²) in [5.41, 5.74) is 5.34. The minimum absolute atomic E-state index is 0.319. The standard InChI is InChI=1S/C31H40N4O2S/c1-21(2)13-15-35-16-14-25-12-11-24-9-6-10-27(17-24)38(36)34-31-32-28(30-22(3)7-5-8-23(30)4)18-29(33-31)37-20-26(25)19-35/h5-10,17-18,21,25-26H,11-16,19-20H2,1-4H3,(H,32,33,34)/t25?,26-,38?/m1/s1. The molecule has 38 heavy (non-hydrogen) atoms. The molecular weight excluding hydrogens is 492 g/mol. The summed E-state index contributed by atoms with van der Waals surface area (Å²) in [7, 11) is 0. The molecule has 2 aromatic carbocycles. The van der Waals surface area contributed by atoms with Gasteiger partial charge in [0.25, 0.3) is 5.95 Å². The quantitative estimate of drug-likeness (QED) is 0.403. The lowest BCUT2D eigenvalue weighted by atomic mass is 9.82. The number of ether oxygens (including phenoxy) is 1. The first kappa shape index (κ1) is 27.0. The highest BCUT2D eigenvalue weighted by molar-refractivity contribution is 7.92. The Hall–Kier alpha value is -2.61. The summed E-state index contributed by atoms with van der Waals surface area (Å²) in [4.78, 5) is 12.8. The first-order chi connectivity index (χ1) is 18.4. The van der Waals surface area contributed by atoms with Crippen molar-refractivity contribution >= 4 is 17.3 Å². The second-order valence-corrected chi connectivity index (χ2v) is 12.6. The third-order valence-electron chi connectivity index (χ3n) is 7.98. The van der Waals surface area contributed by atoms with Gasteiger partial charge in [-0.25, -0.2) is 4.98 Å². The van der Waals surface area contributed by atoms with Gasteiger partial charge < -0.3 is 14.2 Å². The molecule has 0 radical (unpaired) electrons. The van der Waals surface area contributed by atoms with Crippen LogP contribution < -0.4 is 9.46 Å². The highest BCUT2D eigenvalue weighted by Crippen LogP contribution is 2.32. The third kappa shape index (κ3) is 6.50. The summed E-state index contributed by atoms with van der Waals surface area (Å²) in [5.74, 6) is 2.58. The van der Waals surface area contributed by atoms with E-state index in [0.717, 1.165) is 59.8 Å². The van der Waals surface area contributed by atoms with E-state index < -0.39 is 11.4 Å². The van der Waals surface area contributed by atoms with Gasteiger partial charge >= 0.3 is 0 Å². The fourth-order valence-corrected chi connectivity index (χ4v) is 6.60. The minimum Gasteiger partial charge on any atom is -0.588 e. The zero-order valence-corrected chi connectivity index (χ0v) is 23.9. The molecule has 3 heterocycles. The molecule has 0 spiro atoms. The molecule has 202 valence electrons. The van der Waals surface area contributed by atoms with E-state index in [4.69, 9.17) is 9.72 Å². The Morgan fingerprint density at radius 2 is 1.84 bits per heavy atom. The lowest BCUT2D eigenvalue weighted by Crippen LogP contribution is -2.43. The molecule has 7 heteroatoms. The van der Waals surface area contributed by atoms with Crippen molar-refractivity contribution in [3.8, 4) is 17.1 Å². The molecule has 1 saturated heterocycles. The molecular formula is C31H40N4O2S. The van der Waals surface area contributed by atoms with Gasteiger partial charge in [0.05, 0.1) is 12.3 Å². The fourth-order valence-electron chi connectivity index (χ4n) is 5.76. The van der Waals surface area contributed by atoms with Crippen LogP contribution in [0.2, 0.25) is 0 Å². The SMILES string of the molecule is Cc1cccc(C)c1-c1cc2nc(n1)N[S+]([O-])c1cccc(c1)CCC1CCN(CCC(C)C)C[C@@H]1CO2. The van der Waals surface area contributed by atoms with E-state index in [-0.39, 0.29) is 0 Å². The van der Waals surface area contributed by atoms with Crippen molar-refractivity contribution in [1.29, 1.82) is 0 Å². The molecule has 3 aromatic rings. The second-order valence-electron chi connectivity index (χ2n) is 11.3. The topological polar surface area (TPSA) is 73.3 Å². The van der Waals surface area contributed by atoms with E-state index >= 15 is 0 Å². The molecule has 1 fully saturated rings. The number of benzene rings is 2. The largest absolute Gasteiger partial charge is 0.588 e. The predicted octanol–water partition coefficient (Wildman–Crippen LogP) is 6.20. The highest BCUT2D eigenvalue weighted by Gasteiger charge is 2.30. The van der Waals surface area contributed by atoms with Crippen LogP contribution in [0.1, 0.15) is 49.8 Å². The zero-order chi connectivity index (χ0) is 26.6. The van der Waals surface area contributed by atoms with Gasteiger partial charge in [-0.15, -0.1) is 0 Å². The lowest BCUT2D eigenvalue weighted by molar-refractivity contribution is 0.0724. The van der Waals surface area contributed by atoms with Gasteiger partial charge in [-0.05, 0) is 93.3 Å². The molecule has 1 aromatic heterocycles. The molecule has 1 N–H and O–H groups in total. The normalized spacial score (nSPS) is 22.2. The van der Waals surface area contributed by atoms with E-state index in [0.29, 0.717) is 36.2 Å². The average Bonchev–Trinajstić information content (AvgIpc) is 2.89. The first-order valence-corrected chi connectivity index (χ1v) is 15.1. The average molecular weight is 533 g/mol. The summed E-state index contributed by atoms with van der Waals surface area (Å²) in [6, 6.07) is 16.3. The van der Waals surface area contributed by atoms with Gasteiger partial charge in [0.15, 0.2) is 4.90 Å². The summed E-state index contributed by atoms with van der Waals surface area (Å²) < 4.78 is 22.8. The van der Waals surface area contributed by atoms with Crippen LogP contribution in [0.4, 0.5) is 5.95 Å². The van der Waals surface area contributed by atoms with Crippen LogP contribution in [0.15, 0.2) is 53.4 Å². The van der Waals surface area contributed by atoms with E-state index in [2.05, 4.69) is 72.6 Å². The van der Waals surface area contributed by atoms with Crippen LogP contribution in [-0.4, -0.2) is 45.7 Å². The summed E-state index contributed by atoms with van der Waals surface area (Å²) in [6.45, 7) is 12.7. The van der Waals surface area contributed by atoms with Crippen molar-refractivity contribution in [2.75, 3.05) is 31.0 Å². The number of hydrogen-bond donors (Lipinski definition) is 1. The van der Waals surface area contributed by atoms with Crippen molar-refractivity contribution in [1.82, 2.24) is 14.9 Å². The Morgan fingerprint density at radius 1 is 1.05 bits per heavy atom. The highest BCUT2D eigenvalue weighted by atomic mass is 32.2. The molecule has 2 unspecified atom stereocenters. The summed E-state index contributed by atoms with van der Waals surface area (Å²) in [5, 5.41) is 0. The Morgan fingerprint density at radius 3 is 2.63 bits per heavy atom. The van der Waals surface area contributed by atoms with Gasteiger partial charge in [-0.2, -0.15) is 9.71 Å². The minimum atomic E-state index is -1.47. The Balaban J connectivity index is 1.49. The van der Waals surface area contributed by atoms with Gasteiger partial charge in [0, 0.05) is 24.1 Å². The smallest absolute Gasteiger partial charge is 0.269 e. The third-order valence-corrected chi connectivity index (χ3v) is 9.03. The number of fused-ring (bicyclic) bond motifs is 5. The van der Waals surface area contributed by atoms with Crippen LogP contribution in [0.25, 0.3) is 11.3 Å². The Bertz CT molecular complexity index is 1230. The number of hydrogen-bond acceptors (Lipinski definition) is 6. The summed E-state index contributed by atoms with van der Waals surface area (Å²) in [6.07, 6.45) is 4.50.